The van der Waals surface area contributed by atoms with Crippen molar-refractivity contribution in [1.29, 1.82) is 0 Å². The first-order valence-electron chi connectivity index (χ1n) is 7.51. The zero-order valence-electron chi connectivity index (χ0n) is 11.4. The Hall–Kier alpha value is -0.120. The van der Waals surface area contributed by atoms with Gasteiger partial charge < -0.3 is 15.5 Å². The number of likely N-dealkylation sites (tertiary alicyclic amines) is 1. The lowest BCUT2D eigenvalue weighted by Crippen LogP contribution is -2.40. The van der Waals surface area contributed by atoms with Crippen LogP contribution in [0, 0.1) is 5.92 Å². The van der Waals surface area contributed by atoms with Crippen molar-refractivity contribution in [2.75, 3.05) is 39.3 Å². The average molecular weight is 239 g/mol. The second-order valence-electron chi connectivity index (χ2n) is 5.86. The molecule has 2 heterocycles. The van der Waals surface area contributed by atoms with E-state index in [1.807, 2.05) is 0 Å². The Morgan fingerprint density at radius 2 is 1.94 bits per heavy atom. The van der Waals surface area contributed by atoms with Gasteiger partial charge in [0.2, 0.25) is 0 Å². The SMILES string of the molecule is CC1CCN(CCNC2CCCNCC2)CC1. The molecule has 0 bridgehead atoms. The summed E-state index contributed by atoms with van der Waals surface area (Å²) in [5, 5.41) is 7.21. The fraction of sp³-hybridized carbons (Fsp3) is 1.00. The first-order valence-corrected chi connectivity index (χ1v) is 7.51. The van der Waals surface area contributed by atoms with Gasteiger partial charge in [-0.25, -0.2) is 0 Å². The lowest BCUT2D eigenvalue weighted by molar-refractivity contribution is 0.190. The summed E-state index contributed by atoms with van der Waals surface area (Å²) in [5.74, 6) is 0.951. The van der Waals surface area contributed by atoms with Crippen molar-refractivity contribution in [2.45, 2.75) is 45.1 Å². The summed E-state index contributed by atoms with van der Waals surface area (Å²) in [6.45, 7) is 9.84. The maximum absolute atomic E-state index is 3.74. The van der Waals surface area contributed by atoms with Crippen LogP contribution >= 0.6 is 0 Å². The smallest absolute Gasteiger partial charge is 0.0107 e. The third-order valence-corrected chi connectivity index (χ3v) is 4.31. The van der Waals surface area contributed by atoms with E-state index in [2.05, 4.69) is 22.5 Å². The van der Waals surface area contributed by atoms with Crippen LogP contribution in [-0.4, -0.2) is 50.2 Å². The van der Waals surface area contributed by atoms with Crippen molar-refractivity contribution in [2.24, 2.45) is 5.92 Å². The van der Waals surface area contributed by atoms with Crippen molar-refractivity contribution in [3.8, 4) is 0 Å². The van der Waals surface area contributed by atoms with Crippen molar-refractivity contribution in [3.63, 3.8) is 0 Å². The fourth-order valence-corrected chi connectivity index (χ4v) is 2.94. The Labute approximate surface area is 106 Å². The molecule has 0 aliphatic carbocycles. The minimum atomic E-state index is 0.758. The summed E-state index contributed by atoms with van der Waals surface area (Å²) in [6, 6.07) is 0.758. The van der Waals surface area contributed by atoms with Crippen LogP contribution in [0.4, 0.5) is 0 Å². The molecule has 0 saturated carbocycles. The second kappa shape index (κ2) is 7.34. The molecule has 2 fully saturated rings. The van der Waals surface area contributed by atoms with E-state index >= 15 is 0 Å². The van der Waals surface area contributed by atoms with Gasteiger partial charge in [-0.05, 0) is 64.2 Å². The fourth-order valence-electron chi connectivity index (χ4n) is 2.94. The van der Waals surface area contributed by atoms with Gasteiger partial charge in [0.05, 0.1) is 0 Å². The Kier molecular flexibility index (Phi) is 5.75. The Balaban J connectivity index is 1.55. The number of hydrogen-bond acceptors (Lipinski definition) is 3. The summed E-state index contributed by atoms with van der Waals surface area (Å²) in [4.78, 5) is 2.63. The molecule has 1 unspecified atom stereocenters. The molecule has 0 spiro atoms. The molecule has 100 valence electrons. The van der Waals surface area contributed by atoms with Gasteiger partial charge in [-0.1, -0.05) is 6.92 Å². The number of nitrogens with one attached hydrogen (secondary N) is 2. The Morgan fingerprint density at radius 3 is 2.76 bits per heavy atom. The molecule has 2 aliphatic rings. The molecular formula is C14H29N3. The van der Waals surface area contributed by atoms with Gasteiger partial charge in [0.25, 0.3) is 0 Å². The Morgan fingerprint density at radius 1 is 1.12 bits per heavy atom. The van der Waals surface area contributed by atoms with Gasteiger partial charge in [0.1, 0.15) is 0 Å². The van der Waals surface area contributed by atoms with Crippen molar-refractivity contribution < 1.29 is 0 Å². The van der Waals surface area contributed by atoms with E-state index in [1.165, 1.54) is 71.4 Å². The molecule has 2 rings (SSSR count). The molecule has 17 heavy (non-hydrogen) atoms. The molecule has 2 N–H and O–H groups in total. The normalized spacial score (nSPS) is 29.1. The monoisotopic (exact) mass is 239 g/mol. The highest BCUT2D eigenvalue weighted by atomic mass is 15.1. The Bertz CT molecular complexity index is 192. The van der Waals surface area contributed by atoms with Crippen molar-refractivity contribution >= 4 is 0 Å². The third kappa shape index (κ3) is 4.94. The third-order valence-electron chi connectivity index (χ3n) is 4.31. The van der Waals surface area contributed by atoms with Crippen molar-refractivity contribution in [1.82, 2.24) is 15.5 Å². The van der Waals surface area contributed by atoms with Crippen LogP contribution in [0.1, 0.15) is 39.0 Å². The molecule has 2 aliphatic heterocycles. The summed E-state index contributed by atoms with van der Waals surface area (Å²) in [6.07, 6.45) is 6.78. The lowest BCUT2D eigenvalue weighted by Gasteiger charge is -2.30. The predicted octanol–water partition coefficient (Wildman–Crippen LogP) is 1.45. The number of hydrogen-bond donors (Lipinski definition) is 2. The summed E-state index contributed by atoms with van der Waals surface area (Å²) < 4.78 is 0. The van der Waals surface area contributed by atoms with Gasteiger partial charge in [0, 0.05) is 19.1 Å². The molecule has 0 aromatic heterocycles. The molecule has 2 saturated heterocycles. The first-order chi connectivity index (χ1) is 8.34. The quantitative estimate of drug-likeness (QED) is 0.777. The molecule has 0 aromatic carbocycles. The van der Waals surface area contributed by atoms with E-state index in [1.54, 1.807) is 0 Å². The largest absolute Gasteiger partial charge is 0.317 e. The lowest BCUT2D eigenvalue weighted by atomic mass is 9.99. The molecule has 1 atom stereocenters. The topological polar surface area (TPSA) is 27.3 Å². The molecule has 0 aromatic rings. The zero-order valence-corrected chi connectivity index (χ0v) is 11.4. The van der Waals surface area contributed by atoms with Gasteiger partial charge in [-0.15, -0.1) is 0 Å². The average Bonchev–Trinajstić information content (AvgIpc) is 2.60. The highest BCUT2D eigenvalue weighted by Crippen LogP contribution is 2.15. The van der Waals surface area contributed by atoms with Crippen molar-refractivity contribution in [3.05, 3.63) is 0 Å². The van der Waals surface area contributed by atoms with Crippen LogP contribution in [0.3, 0.4) is 0 Å². The van der Waals surface area contributed by atoms with Gasteiger partial charge >= 0.3 is 0 Å². The maximum atomic E-state index is 3.74. The molecule has 3 nitrogen and oxygen atoms in total. The number of piperidine rings is 1. The summed E-state index contributed by atoms with van der Waals surface area (Å²) in [7, 11) is 0. The van der Waals surface area contributed by atoms with E-state index < -0.39 is 0 Å². The molecular weight excluding hydrogens is 210 g/mol. The highest BCUT2D eigenvalue weighted by Gasteiger charge is 2.16. The summed E-state index contributed by atoms with van der Waals surface area (Å²) >= 11 is 0. The predicted molar refractivity (Wildman–Crippen MR) is 73.3 cm³/mol. The van der Waals surface area contributed by atoms with Crippen LogP contribution in [0.5, 0.6) is 0 Å². The maximum Gasteiger partial charge on any atom is 0.0107 e. The van der Waals surface area contributed by atoms with Crippen LogP contribution in [0.25, 0.3) is 0 Å². The van der Waals surface area contributed by atoms with Gasteiger partial charge in [0.15, 0.2) is 0 Å². The van der Waals surface area contributed by atoms with E-state index in [0.717, 1.165) is 12.0 Å². The summed E-state index contributed by atoms with van der Waals surface area (Å²) in [5.41, 5.74) is 0. The van der Waals surface area contributed by atoms with Crippen LogP contribution in [0.15, 0.2) is 0 Å². The van der Waals surface area contributed by atoms with Gasteiger partial charge in [-0.2, -0.15) is 0 Å². The minimum Gasteiger partial charge on any atom is -0.317 e. The van der Waals surface area contributed by atoms with E-state index in [-0.39, 0.29) is 0 Å². The van der Waals surface area contributed by atoms with Gasteiger partial charge in [-0.3, -0.25) is 0 Å². The standard InChI is InChI=1S/C14H29N3/c1-13-5-10-17(11-6-13)12-9-16-14-3-2-7-15-8-4-14/h13-16H,2-12H2,1H3. The van der Waals surface area contributed by atoms with Crippen LogP contribution < -0.4 is 10.6 Å². The van der Waals surface area contributed by atoms with Crippen LogP contribution in [-0.2, 0) is 0 Å². The number of nitrogens with zero attached hydrogens (tertiary/aromatic N) is 1. The van der Waals surface area contributed by atoms with Crippen LogP contribution in [0.2, 0.25) is 0 Å². The molecule has 3 heteroatoms. The highest BCUT2D eigenvalue weighted by molar-refractivity contribution is 4.74. The van der Waals surface area contributed by atoms with E-state index in [9.17, 15) is 0 Å². The molecule has 0 radical (unpaired) electrons. The minimum absolute atomic E-state index is 0.758. The van der Waals surface area contributed by atoms with E-state index in [4.69, 9.17) is 0 Å². The van der Waals surface area contributed by atoms with E-state index in [0.29, 0.717) is 0 Å². The second-order valence-corrected chi connectivity index (χ2v) is 5.86. The zero-order chi connectivity index (χ0) is 11.9. The molecule has 0 amide bonds. The number of rotatable bonds is 4. The first kappa shape index (κ1) is 13.3.